The van der Waals surface area contributed by atoms with E-state index in [1.807, 2.05) is 6.07 Å². The summed E-state index contributed by atoms with van der Waals surface area (Å²) in [5, 5.41) is 5.54. The maximum atomic E-state index is 12.6. The summed E-state index contributed by atoms with van der Waals surface area (Å²) in [5.74, 6) is -0.320. The van der Waals surface area contributed by atoms with Crippen LogP contribution >= 0.6 is 0 Å². The molecule has 1 aromatic heterocycles. The maximum absolute atomic E-state index is 12.6. The monoisotopic (exact) mass is 389 g/mol. The van der Waals surface area contributed by atoms with Crippen molar-refractivity contribution in [2.45, 2.75) is 12.8 Å². The third-order valence-corrected chi connectivity index (χ3v) is 4.64. The second-order valence-electron chi connectivity index (χ2n) is 6.66. The van der Waals surface area contributed by atoms with E-state index in [1.54, 1.807) is 59.5 Å². The van der Waals surface area contributed by atoms with Crippen molar-refractivity contribution in [3.05, 3.63) is 78.3 Å². The Hall–Kier alpha value is -3.87. The van der Waals surface area contributed by atoms with Crippen LogP contribution in [0.3, 0.4) is 0 Å². The smallest absolute Gasteiger partial charge is 0.291 e. The van der Waals surface area contributed by atoms with E-state index < -0.39 is 0 Å². The number of anilines is 3. The first kappa shape index (κ1) is 18.5. The van der Waals surface area contributed by atoms with Crippen LogP contribution < -0.4 is 15.5 Å². The van der Waals surface area contributed by atoms with Crippen molar-refractivity contribution in [1.29, 1.82) is 0 Å². The van der Waals surface area contributed by atoms with Crippen LogP contribution in [0.25, 0.3) is 0 Å². The molecule has 2 heterocycles. The van der Waals surface area contributed by atoms with Gasteiger partial charge >= 0.3 is 0 Å². The van der Waals surface area contributed by atoms with Gasteiger partial charge in [0.05, 0.1) is 6.26 Å². The maximum Gasteiger partial charge on any atom is 0.291 e. The van der Waals surface area contributed by atoms with Crippen LogP contribution in [0.5, 0.6) is 0 Å². The SMILES string of the molecule is O=C(Nc1ccc(NC(=O)c2ccco2)cc1)c1cccc(N2CCCC2=O)c1. The molecule has 1 saturated heterocycles. The Labute approximate surface area is 167 Å². The predicted octanol–water partition coefficient (Wildman–Crippen LogP) is 3.91. The molecule has 3 amide bonds. The first-order chi connectivity index (χ1) is 14.1. The fourth-order valence-corrected chi connectivity index (χ4v) is 3.18. The highest BCUT2D eigenvalue weighted by Crippen LogP contribution is 2.23. The zero-order chi connectivity index (χ0) is 20.2. The van der Waals surface area contributed by atoms with E-state index in [1.165, 1.54) is 6.26 Å². The molecule has 3 aromatic rings. The second-order valence-corrected chi connectivity index (χ2v) is 6.66. The highest BCUT2D eigenvalue weighted by Gasteiger charge is 2.22. The molecule has 29 heavy (non-hydrogen) atoms. The van der Waals surface area contributed by atoms with Crippen molar-refractivity contribution in [3.8, 4) is 0 Å². The molecular formula is C22H19N3O4. The number of nitrogens with zero attached hydrogens (tertiary/aromatic N) is 1. The Bertz CT molecular complexity index is 1040. The predicted molar refractivity (Wildman–Crippen MR) is 109 cm³/mol. The molecule has 2 aromatic carbocycles. The quantitative estimate of drug-likeness (QED) is 0.692. The van der Waals surface area contributed by atoms with Gasteiger partial charge in [-0.15, -0.1) is 0 Å². The standard InChI is InChI=1S/C22H19N3O4/c26-20-7-2-12-25(20)18-5-1-4-15(14-18)21(27)23-16-8-10-17(11-9-16)24-22(28)19-6-3-13-29-19/h1,3-6,8-11,13-14H,2,7,12H2,(H,23,27)(H,24,28). The van der Waals surface area contributed by atoms with Gasteiger partial charge in [-0.2, -0.15) is 0 Å². The largest absolute Gasteiger partial charge is 0.459 e. The fraction of sp³-hybridized carbons (Fsp3) is 0.136. The van der Waals surface area contributed by atoms with Gasteiger partial charge in [0.15, 0.2) is 5.76 Å². The second kappa shape index (κ2) is 8.02. The van der Waals surface area contributed by atoms with Gasteiger partial charge in [0.1, 0.15) is 0 Å². The van der Waals surface area contributed by atoms with Gasteiger partial charge in [-0.05, 0) is 61.0 Å². The molecule has 0 bridgehead atoms. The molecule has 7 heteroatoms. The molecular weight excluding hydrogens is 370 g/mol. The Kier molecular flexibility index (Phi) is 5.11. The zero-order valence-corrected chi connectivity index (χ0v) is 15.6. The summed E-state index contributed by atoms with van der Waals surface area (Å²) in [4.78, 5) is 38.2. The molecule has 0 unspecified atom stereocenters. The molecule has 0 spiro atoms. The first-order valence-corrected chi connectivity index (χ1v) is 9.27. The van der Waals surface area contributed by atoms with Crippen molar-refractivity contribution in [2.24, 2.45) is 0 Å². The van der Waals surface area contributed by atoms with Crippen molar-refractivity contribution in [3.63, 3.8) is 0 Å². The Morgan fingerprint density at radius 1 is 0.897 bits per heavy atom. The van der Waals surface area contributed by atoms with Crippen LogP contribution in [-0.2, 0) is 4.79 Å². The van der Waals surface area contributed by atoms with Crippen molar-refractivity contribution < 1.29 is 18.8 Å². The highest BCUT2D eigenvalue weighted by atomic mass is 16.3. The first-order valence-electron chi connectivity index (χ1n) is 9.27. The lowest BCUT2D eigenvalue weighted by Crippen LogP contribution is -2.24. The van der Waals surface area contributed by atoms with E-state index in [0.29, 0.717) is 29.9 Å². The lowest BCUT2D eigenvalue weighted by atomic mass is 10.1. The summed E-state index contributed by atoms with van der Waals surface area (Å²) >= 11 is 0. The molecule has 1 fully saturated rings. The molecule has 0 atom stereocenters. The number of benzene rings is 2. The van der Waals surface area contributed by atoms with E-state index in [0.717, 1.165) is 12.1 Å². The van der Waals surface area contributed by atoms with Crippen LogP contribution in [0.2, 0.25) is 0 Å². The lowest BCUT2D eigenvalue weighted by Gasteiger charge is -2.16. The number of hydrogen-bond acceptors (Lipinski definition) is 4. The average molecular weight is 389 g/mol. The number of carbonyl (C=O) groups is 3. The Morgan fingerprint density at radius 2 is 1.62 bits per heavy atom. The summed E-state index contributed by atoms with van der Waals surface area (Å²) in [6.07, 6.45) is 2.81. The highest BCUT2D eigenvalue weighted by molar-refractivity contribution is 6.06. The van der Waals surface area contributed by atoms with E-state index in [2.05, 4.69) is 10.6 Å². The van der Waals surface area contributed by atoms with E-state index >= 15 is 0 Å². The van der Waals surface area contributed by atoms with Gasteiger partial charge in [-0.1, -0.05) is 6.07 Å². The van der Waals surface area contributed by atoms with Crippen molar-refractivity contribution >= 4 is 34.8 Å². The average Bonchev–Trinajstić information content (AvgIpc) is 3.41. The van der Waals surface area contributed by atoms with Crippen molar-refractivity contribution in [2.75, 3.05) is 22.1 Å². The Morgan fingerprint density at radius 3 is 2.24 bits per heavy atom. The third kappa shape index (κ3) is 4.19. The normalized spacial score (nSPS) is 13.4. The van der Waals surface area contributed by atoms with E-state index in [4.69, 9.17) is 4.42 Å². The number of furan rings is 1. The van der Waals surface area contributed by atoms with Gasteiger partial charge in [-0.3, -0.25) is 14.4 Å². The molecule has 1 aliphatic heterocycles. The molecule has 2 N–H and O–H groups in total. The summed E-state index contributed by atoms with van der Waals surface area (Å²) in [7, 11) is 0. The van der Waals surface area contributed by atoms with Gasteiger partial charge in [0.25, 0.3) is 11.8 Å². The molecule has 7 nitrogen and oxygen atoms in total. The van der Waals surface area contributed by atoms with Crippen LogP contribution in [0.1, 0.15) is 33.8 Å². The van der Waals surface area contributed by atoms with Crippen LogP contribution in [0, 0.1) is 0 Å². The summed E-state index contributed by atoms with van der Waals surface area (Å²) < 4.78 is 5.05. The number of carbonyl (C=O) groups excluding carboxylic acids is 3. The van der Waals surface area contributed by atoms with Gasteiger partial charge in [0, 0.05) is 35.6 Å². The molecule has 1 aliphatic rings. The van der Waals surface area contributed by atoms with Crippen LogP contribution in [0.15, 0.2) is 71.3 Å². The van der Waals surface area contributed by atoms with Crippen LogP contribution in [0.4, 0.5) is 17.1 Å². The minimum Gasteiger partial charge on any atom is -0.459 e. The molecule has 0 radical (unpaired) electrons. The summed E-state index contributed by atoms with van der Waals surface area (Å²) in [6.45, 7) is 0.676. The topological polar surface area (TPSA) is 91.7 Å². The van der Waals surface area contributed by atoms with E-state index in [9.17, 15) is 14.4 Å². The van der Waals surface area contributed by atoms with E-state index in [-0.39, 0.29) is 23.5 Å². The Balaban J connectivity index is 1.41. The third-order valence-electron chi connectivity index (χ3n) is 4.64. The minimum atomic E-state index is -0.347. The molecule has 0 aliphatic carbocycles. The number of rotatable bonds is 5. The van der Waals surface area contributed by atoms with Crippen molar-refractivity contribution in [1.82, 2.24) is 0 Å². The van der Waals surface area contributed by atoms with Gasteiger partial charge in [-0.25, -0.2) is 0 Å². The molecule has 0 saturated carbocycles. The number of nitrogens with one attached hydrogen (secondary N) is 2. The summed E-state index contributed by atoms with van der Waals surface area (Å²) in [6, 6.07) is 17.0. The van der Waals surface area contributed by atoms with Crippen LogP contribution in [-0.4, -0.2) is 24.3 Å². The van der Waals surface area contributed by atoms with Gasteiger partial charge < -0.3 is 20.0 Å². The minimum absolute atomic E-state index is 0.0785. The zero-order valence-electron chi connectivity index (χ0n) is 15.6. The lowest BCUT2D eigenvalue weighted by molar-refractivity contribution is -0.117. The fourth-order valence-electron chi connectivity index (χ4n) is 3.18. The molecule has 146 valence electrons. The number of hydrogen-bond donors (Lipinski definition) is 2. The number of amides is 3. The summed E-state index contributed by atoms with van der Waals surface area (Å²) in [5.41, 5.74) is 2.38. The molecule has 4 rings (SSSR count). The van der Waals surface area contributed by atoms with Gasteiger partial charge in [0.2, 0.25) is 5.91 Å².